The lowest BCUT2D eigenvalue weighted by Crippen LogP contribution is -2.66. The molecular formula is C32H52O5. The molecule has 0 bridgehead atoms. The first-order chi connectivity index (χ1) is 17.1. The van der Waals surface area contributed by atoms with E-state index >= 15 is 0 Å². The molecule has 0 aromatic rings. The molecule has 0 aromatic carbocycles. The summed E-state index contributed by atoms with van der Waals surface area (Å²) < 4.78 is 6.09. The van der Waals surface area contributed by atoms with Gasteiger partial charge in [-0.05, 0) is 84.4 Å². The van der Waals surface area contributed by atoms with Crippen molar-refractivity contribution >= 4 is 5.97 Å². The highest BCUT2D eigenvalue weighted by atomic mass is 16.5. The Morgan fingerprint density at radius 2 is 1.73 bits per heavy atom. The maximum Gasteiger partial charge on any atom is 0.302 e. The van der Waals surface area contributed by atoms with Gasteiger partial charge < -0.3 is 20.1 Å². The zero-order chi connectivity index (χ0) is 27.3. The fraction of sp³-hybridized carbons (Fsp3) is 0.906. The van der Waals surface area contributed by atoms with E-state index in [-0.39, 0.29) is 69.6 Å². The summed E-state index contributed by atoms with van der Waals surface area (Å²) >= 11 is 0. The first kappa shape index (κ1) is 27.6. The summed E-state index contributed by atoms with van der Waals surface area (Å²) in [4.78, 5) is 12.3. The summed E-state index contributed by atoms with van der Waals surface area (Å²) in [5.74, 6) is 0.803. The van der Waals surface area contributed by atoms with E-state index < -0.39 is 6.10 Å². The lowest BCUT2D eigenvalue weighted by molar-refractivity contribution is -0.216. The smallest absolute Gasteiger partial charge is 0.302 e. The number of aliphatic hydroxyl groups is 3. The number of fused-ring (bicyclic) bond motifs is 7. The fourth-order valence-electron chi connectivity index (χ4n) is 11.5. The summed E-state index contributed by atoms with van der Waals surface area (Å²) in [5, 5.41) is 33.9. The van der Waals surface area contributed by atoms with Gasteiger partial charge in [0.2, 0.25) is 0 Å². The van der Waals surface area contributed by atoms with E-state index in [2.05, 4.69) is 54.5 Å². The van der Waals surface area contributed by atoms with Gasteiger partial charge in [-0.15, -0.1) is 0 Å². The van der Waals surface area contributed by atoms with Gasteiger partial charge in [0.1, 0.15) is 6.10 Å². The number of hydrogen-bond donors (Lipinski definition) is 3. The molecule has 0 heterocycles. The van der Waals surface area contributed by atoms with E-state index in [0.29, 0.717) is 18.3 Å². The normalized spacial score (nSPS) is 52.4. The Balaban J connectivity index is 1.64. The average Bonchev–Trinajstić information content (AvgIpc) is 3.14. The van der Waals surface area contributed by atoms with Crippen molar-refractivity contribution in [3.63, 3.8) is 0 Å². The molecule has 5 rings (SSSR count). The second kappa shape index (κ2) is 8.54. The second-order valence-electron chi connectivity index (χ2n) is 15.4. The number of rotatable bonds is 3. The van der Waals surface area contributed by atoms with Gasteiger partial charge >= 0.3 is 5.97 Å². The molecule has 0 unspecified atom stereocenters. The van der Waals surface area contributed by atoms with Crippen LogP contribution in [0.4, 0.5) is 0 Å². The van der Waals surface area contributed by atoms with E-state index in [1.54, 1.807) is 0 Å². The minimum atomic E-state index is -0.463. The maximum absolute atomic E-state index is 12.3. The molecule has 0 aromatic heterocycles. The van der Waals surface area contributed by atoms with Gasteiger partial charge in [-0.2, -0.15) is 0 Å². The van der Waals surface area contributed by atoms with E-state index in [1.807, 2.05) is 0 Å². The van der Waals surface area contributed by atoms with Crippen LogP contribution in [-0.4, -0.2) is 46.2 Å². The number of carbonyl (C=O) groups excluding carboxylic acids is 1. The molecule has 37 heavy (non-hydrogen) atoms. The minimum absolute atomic E-state index is 0.0338. The van der Waals surface area contributed by atoms with Crippen LogP contribution in [0.5, 0.6) is 0 Å². The second-order valence-corrected chi connectivity index (χ2v) is 15.4. The summed E-state index contributed by atoms with van der Waals surface area (Å²) in [6, 6.07) is 0. The van der Waals surface area contributed by atoms with Crippen LogP contribution in [0.15, 0.2) is 11.6 Å². The van der Waals surface area contributed by atoms with Crippen molar-refractivity contribution in [2.45, 2.75) is 119 Å². The molecule has 0 saturated heterocycles. The van der Waals surface area contributed by atoms with Crippen molar-refractivity contribution in [3.8, 4) is 0 Å². The molecule has 5 aliphatic carbocycles. The Kier molecular flexibility index (Phi) is 6.38. The predicted molar refractivity (Wildman–Crippen MR) is 144 cm³/mol. The first-order valence-electron chi connectivity index (χ1n) is 14.9. The van der Waals surface area contributed by atoms with Crippen LogP contribution in [0.1, 0.15) is 100 Å². The quantitative estimate of drug-likeness (QED) is 0.340. The highest BCUT2D eigenvalue weighted by Gasteiger charge is 2.73. The Morgan fingerprint density at radius 1 is 1.05 bits per heavy atom. The van der Waals surface area contributed by atoms with Crippen LogP contribution >= 0.6 is 0 Å². The van der Waals surface area contributed by atoms with Gasteiger partial charge in [0.15, 0.2) is 0 Å². The molecule has 0 radical (unpaired) electrons. The van der Waals surface area contributed by atoms with Crippen molar-refractivity contribution in [3.05, 3.63) is 11.6 Å². The van der Waals surface area contributed by atoms with Crippen LogP contribution in [0.2, 0.25) is 0 Å². The molecule has 3 N–H and O–H groups in total. The molecule has 0 amide bonds. The number of esters is 1. The largest absolute Gasteiger partial charge is 0.462 e. The SMILES string of the molecule is CC(=O)O[C@@H]1C[C@@H](C(C)C)[C@]2(CO)CC[C@@]3(C)[C@H]4C(=CC[C@]3(C)[C@@H]12)[C@@]1(C)CC[C@H](O)C(C)(C)[C@@H]1C[C@@H]4O. The van der Waals surface area contributed by atoms with E-state index in [1.165, 1.54) is 12.5 Å². The van der Waals surface area contributed by atoms with Crippen LogP contribution in [-0.2, 0) is 9.53 Å². The molecule has 5 aliphatic rings. The molecule has 0 aliphatic heterocycles. The molecule has 210 valence electrons. The number of carbonyl (C=O) groups is 1. The number of ether oxygens (including phenoxy) is 1. The van der Waals surface area contributed by atoms with Crippen molar-refractivity contribution in [2.75, 3.05) is 6.61 Å². The minimum Gasteiger partial charge on any atom is -0.462 e. The zero-order valence-corrected chi connectivity index (χ0v) is 24.5. The molecule has 4 saturated carbocycles. The summed E-state index contributed by atoms with van der Waals surface area (Å²) in [7, 11) is 0. The summed E-state index contributed by atoms with van der Waals surface area (Å²) in [5.41, 5.74) is 0.495. The third-order valence-corrected chi connectivity index (χ3v) is 13.5. The maximum atomic E-state index is 12.3. The average molecular weight is 517 g/mol. The standard InChI is InChI=1S/C32H52O5/c1-18(2)21-15-23(37-19(3)34)27-31(8)12-9-20-26(30(31,7)13-14-32(21,27)17-33)22(35)16-24-28(4,5)25(36)10-11-29(20,24)6/h9,18,21-27,33,35-36H,10-17H2,1-8H3/t21-,22-,23+,24-,25-,26-,27+,29+,30-,31+,32+/m0/s1. The lowest BCUT2D eigenvalue weighted by atomic mass is 9.35. The first-order valence-corrected chi connectivity index (χ1v) is 14.9. The van der Waals surface area contributed by atoms with Crippen molar-refractivity contribution < 1.29 is 24.9 Å². The van der Waals surface area contributed by atoms with Crippen molar-refractivity contribution in [1.82, 2.24) is 0 Å². The van der Waals surface area contributed by atoms with Gasteiger partial charge in [0, 0.05) is 30.8 Å². The Labute approximate surface area is 224 Å². The van der Waals surface area contributed by atoms with Gasteiger partial charge in [0.05, 0.1) is 12.2 Å². The Bertz CT molecular complexity index is 970. The third kappa shape index (κ3) is 3.41. The number of allylic oxidation sites excluding steroid dienone is 1. The highest BCUT2D eigenvalue weighted by molar-refractivity contribution is 5.66. The van der Waals surface area contributed by atoms with Crippen LogP contribution < -0.4 is 0 Å². The van der Waals surface area contributed by atoms with E-state index in [4.69, 9.17) is 4.74 Å². The van der Waals surface area contributed by atoms with Crippen LogP contribution in [0, 0.1) is 56.7 Å². The summed E-state index contributed by atoms with van der Waals surface area (Å²) in [6.45, 7) is 17.7. The van der Waals surface area contributed by atoms with Crippen molar-refractivity contribution in [2.24, 2.45) is 56.7 Å². The molecule has 11 atom stereocenters. The molecule has 5 nitrogen and oxygen atoms in total. The summed E-state index contributed by atoms with van der Waals surface area (Å²) in [6.07, 6.45) is 7.47. The van der Waals surface area contributed by atoms with Gasteiger partial charge in [-0.1, -0.05) is 60.1 Å². The fourth-order valence-corrected chi connectivity index (χ4v) is 11.5. The lowest BCUT2D eigenvalue weighted by Gasteiger charge is -2.70. The predicted octanol–water partition coefficient (Wildman–Crippen LogP) is 5.51. The van der Waals surface area contributed by atoms with E-state index in [0.717, 1.165) is 38.5 Å². The Hall–Kier alpha value is -0.910. The number of aliphatic hydroxyl groups excluding tert-OH is 3. The molecule has 5 heteroatoms. The topological polar surface area (TPSA) is 87.0 Å². The Morgan fingerprint density at radius 3 is 2.32 bits per heavy atom. The third-order valence-electron chi connectivity index (χ3n) is 13.5. The van der Waals surface area contributed by atoms with Gasteiger partial charge in [-0.25, -0.2) is 0 Å². The van der Waals surface area contributed by atoms with Crippen LogP contribution in [0.3, 0.4) is 0 Å². The monoisotopic (exact) mass is 516 g/mol. The van der Waals surface area contributed by atoms with Crippen LogP contribution in [0.25, 0.3) is 0 Å². The molecular weight excluding hydrogens is 464 g/mol. The van der Waals surface area contributed by atoms with E-state index in [9.17, 15) is 20.1 Å². The molecule has 0 spiro atoms. The zero-order valence-electron chi connectivity index (χ0n) is 24.5. The highest BCUT2D eigenvalue weighted by Crippen LogP contribution is 2.76. The number of hydrogen-bond acceptors (Lipinski definition) is 5. The van der Waals surface area contributed by atoms with Gasteiger partial charge in [0.25, 0.3) is 0 Å². The van der Waals surface area contributed by atoms with Crippen molar-refractivity contribution in [1.29, 1.82) is 0 Å². The molecule has 4 fully saturated rings. The van der Waals surface area contributed by atoms with Gasteiger partial charge in [-0.3, -0.25) is 4.79 Å².